The van der Waals surface area contributed by atoms with Crippen molar-refractivity contribution < 1.29 is 38.7 Å². The molecule has 0 fully saturated rings. The van der Waals surface area contributed by atoms with Crippen molar-refractivity contribution in [3.05, 3.63) is 0 Å². The van der Waals surface area contributed by atoms with Crippen LogP contribution in [0.5, 0.6) is 0 Å². The molecule has 0 aliphatic rings. The number of rotatable bonds is 25. The Kier molecular flexibility index (Phi) is 23.0. The van der Waals surface area contributed by atoms with Crippen molar-refractivity contribution in [1.82, 2.24) is 31.9 Å². The van der Waals surface area contributed by atoms with E-state index in [0.717, 1.165) is 0 Å². The van der Waals surface area contributed by atoms with Crippen molar-refractivity contribution in [2.45, 2.75) is 123 Å². The van der Waals surface area contributed by atoms with Gasteiger partial charge in [-0.05, 0) is 68.9 Å². The van der Waals surface area contributed by atoms with Gasteiger partial charge in [0.1, 0.15) is 30.2 Å². The average molecular weight is 731 g/mol. The zero-order valence-corrected chi connectivity index (χ0v) is 31.7. The van der Waals surface area contributed by atoms with Gasteiger partial charge in [-0.3, -0.25) is 28.8 Å². The number of carboxylic acids is 1. The summed E-state index contributed by atoms with van der Waals surface area (Å²) in [5.74, 6) is -5.37. The first-order valence-corrected chi connectivity index (χ1v) is 18.8. The van der Waals surface area contributed by atoms with E-state index >= 15 is 0 Å². The fourth-order valence-electron chi connectivity index (χ4n) is 4.76. The maximum atomic E-state index is 13.4. The monoisotopic (exact) mass is 730 g/mol. The SMILES string of the molecule is CC[C@H](C)[C@@H](NC(=O)[C@@H](C)N)C(=O)N[C@@H](C(=O)NCC(=O)N[C@H](CCSC)C(=O)N[C@H](CCCCN)C(=O)N[C@@H](C(=O)O)C(C)C)[C@@H](C)CC. The summed E-state index contributed by atoms with van der Waals surface area (Å²) in [4.78, 5) is 90.1. The van der Waals surface area contributed by atoms with E-state index in [2.05, 4.69) is 31.9 Å². The van der Waals surface area contributed by atoms with E-state index in [9.17, 15) is 38.7 Å². The van der Waals surface area contributed by atoms with Gasteiger partial charge in [-0.25, -0.2) is 4.79 Å². The van der Waals surface area contributed by atoms with Crippen LogP contribution < -0.4 is 43.4 Å². The summed E-state index contributed by atoms with van der Waals surface area (Å²) in [6.45, 7) is 11.9. The van der Waals surface area contributed by atoms with Gasteiger partial charge in [0.05, 0.1) is 12.6 Å². The fraction of sp³-hybridized carbons (Fsp3) is 0.788. The third kappa shape index (κ3) is 17.0. The van der Waals surface area contributed by atoms with E-state index in [4.69, 9.17) is 11.5 Å². The summed E-state index contributed by atoms with van der Waals surface area (Å²) in [6, 6.07) is -6.09. The Hall–Kier alpha value is -3.44. The number of unbranched alkanes of at least 4 members (excludes halogenated alkanes) is 1. The van der Waals surface area contributed by atoms with Gasteiger partial charge >= 0.3 is 5.97 Å². The summed E-state index contributed by atoms with van der Waals surface area (Å²) >= 11 is 1.44. The normalized spacial score (nSPS) is 16.0. The van der Waals surface area contributed by atoms with Crippen LogP contribution in [0.3, 0.4) is 0 Å². The van der Waals surface area contributed by atoms with Gasteiger partial charge < -0.3 is 48.5 Å². The number of nitrogens with one attached hydrogen (secondary N) is 6. The van der Waals surface area contributed by atoms with E-state index in [0.29, 0.717) is 38.0 Å². The van der Waals surface area contributed by atoms with E-state index in [1.165, 1.54) is 18.7 Å². The summed E-state index contributed by atoms with van der Waals surface area (Å²) in [5.41, 5.74) is 11.3. The van der Waals surface area contributed by atoms with Crippen LogP contribution in [0.2, 0.25) is 0 Å². The highest BCUT2D eigenvalue weighted by Crippen LogP contribution is 2.13. The minimum Gasteiger partial charge on any atom is -0.480 e. The third-order valence-electron chi connectivity index (χ3n) is 8.50. The number of thioether (sulfide) groups is 1. The van der Waals surface area contributed by atoms with E-state index in [1.54, 1.807) is 27.7 Å². The first-order valence-electron chi connectivity index (χ1n) is 17.4. The molecular formula is C33H62N8O8S. The topological polar surface area (TPSA) is 264 Å². The molecule has 0 aliphatic carbocycles. The number of aliphatic carboxylic acids is 1. The van der Waals surface area contributed by atoms with Crippen LogP contribution in [0.1, 0.15) is 87.0 Å². The van der Waals surface area contributed by atoms with Crippen LogP contribution in [0.15, 0.2) is 0 Å². The quantitative estimate of drug-likeness (QED) is 0.0545. The van der Waals surface area contributed by atoms with Gasteiger partial charge in [-0.1, -0.05) is 54.4 Å². The average Bonchev–Trinajstić information content (AvgIpc) is 3.07. The second-order valence-electron chi connectivity index (χ2n) is 13.1. The minimum atomic E-state index is -1.20. The lowest BCUT2D eigenvalue weighted by atomic mass is 9.94. The highest BCUT2D eigenvalue weighted by Gasteiger charge is 2.34. The van der Waals surface area contributed by atoms with Gasteiger partial charge in [0.2, 0.25) is 35.4 Å². The molecule has 0 saturated heterocycles. The molecule has 0 unspecified atom stereocenters. The van der Waals surface area contributed by atoms with Crippen LogP contribution in [0.25, 0.3) is 0 Å². The molecule has 0 aromatic heterocycles. The van der Waals surface area contributed by atoms with Crippen molar-refractivity contribution in [3.63, 3.8) is 0 Å². The molecule has 0 aliphatic heterocycles. The molecule has 288 valence electrons. The maximum absolute atomic E-state index is 13.4. The summed E-state index contributed by atoms with van der Waals surface area (Å²) < 4.78 is 0. The molecule has 0 aromatic rings. The third-order valence-corrected chi connectivity index (χ3v) is 9.14. The molecule has 0 heterocycles. The van der Waals surface area contributed by atoms with Gasteiger partial charge in [-0.15, -0.1) is 0 Å². The van der Waals surface area contributed by atoms with Crippen LogP contribution >= 0.6 is 11.8 Å². The molecular weight excluding hydrogens is 668 g/mol. The highest BCUT2D eigenvalue weighted by atomic mass is 32.2. The largest absolute Gasteiger partial charge is 0.480 e. The number of carboxylic acid groups (broad SMARTS) is 1. The van der Waals surface area contributed by atoms with Crippen LogP contribution in [-0.2, 0) is 33.6 Å². The van der Waals surface area contributed by atoms with Crippen molar-refractivity contribution in [3.8, 4) is 0 Å². The van der Waals surface area contributed by atoms with Crippen molar-refractivity contribution in [2.24, 2.45) is 29.2 Å². The number of carbonyl (C=O) groups excluding carboxylic acids is 6. The summed E-state index contributed by atoms with van der Waals surface area (Å²) in [6.07, 6.45) is 4.41. The smallest absolute Gasteiger partial charge is 0.326 e. The molecule has 0 aromatic carbocycles. The van der Waals surface area contributed by atoms with E-state index in [1.807, 2.05) is 20.1 Å². The minimum absolute atomic E-state index is 0.202. The molecule has 11 N–H and O–H groups in total. The Bertz CT molecular complexity index is 1130. The number of amides is 6. The number of carbonyl (C=O) groups is 7. The second kappa shape index (κ2) is 24.7. The van der Waals surface area contributed by atoms with Gasteiger partial charge in [0.15, 0.2) is 0 Å². The van der Waals surface area contributed by atoms with E-state index < -0.39 is 90.1 Å². The standard InChI is InChI=1S/C33H62N8O8S/c1-9-19(5)26(41-32(47)27(20(6)10-2)40-28(43)21(7)35)31(46)36-17-24(42)37-23(14-16-50-8)29(44)38-22(13-11-12-15-34)30(45)39-25(18(3)4)33(48)49/h18-23,25-27H,9-17,34-35H2,1-8H3,(H,36,46)(H,37,42)(H,38,44)(H,39,45)(H,40,43)(H,41,47)(H,48,49)/t19-,20-,21+,22+,23+,25+,26+,27+/m0/s1. The lowest BCUT2D eigenvalue weighted by Crippen LogP contribution is -2.59. The van der Waals surface area contributed by atoms with Crippen LogP contribution in [0.4, 0.5) is 0 Å². The second-order valence-corrected chi connectivity index (χ2v) is 14.1. The highest BCUT2D eigenvalue weighted by molar-refractivity contribution is 7.98. The van der Waals surface area contributed by atoms with Crippen LogP contribution in [0, 0.1) is 17.8 Å². The summed E-state index contributed by atoms with van der Waals surface area (Å²) in [5, 5.41) is 25.2. The summed E-state index contributed by atoms with van der Waals surface area (Å²) in [7, 11) is 0. The molecule has 16 nitrogen and oxygen atoms in total. The van der Waals surface area contributed by atoms with Crippen molar-refractivity contribution in [2.75, 3.05) is 25.1 Å². The zero-order chi connectivity index (χ0) is 38.6. The molecule has 0 saturated carbocycles. The predicted octanol–water partition coefficient (Wildman–Crippen LogP) is -0.411. The molecule has 6 amide bonds. The Balaban J connectivity index is 5.79. The number of nitrogens with two attached hydrogens (primary N) is 2. The Labute approximate surface area is 300 Å². The molecule has 8 atom stereocenters. The molecule has 0 bridgehead atoms. The Morgan fingerprint density at radius 1 is 0.660 bits per heavy atom. The molecule has 0 spiro atoms. The van der Waals surface area contributed by atoms with Gasteiger partial charge in [0, 0.05) is 0 Å². The lowest BCUT2D eigenvalue weighted by Gasteiger charge is -2.29. The van der Waals surface area contributed by atoms with Crippen molar-refractivity contribution >= 4 is 53.2 Å². The van der Waals surface area contributed by atoms with Crippen LogP contribution in [-0.4, -0.2) is 108 Å². The molecule has 50 heavy (non-hydrogen) atoms. The molecule has 0 radical (unpaired) electrons. The molecule has 17 heteroatoms. The zero-order valence-electron chi connectivity index (χ0n) is 30.9. The van der Waals surface area contributed by atoms with Gasteiger partial charge in [-0.2, -0.15) is 11.8 Å². The number of hydrogen-bond donors (Lipinski definition) is 9. The lowest BCUT2D eigenvalue weighted by molar-refractivity contribution is -0.143. The Morgan fingerprint density at radius 3 is 1.64 bits per heavy atom. The first kappa shape index (κ1) is 46.6. The number of hydrogen-bond acceptors (Lipinski definition) is 10. The Morgan fingerprint density at radius 2 is 1.16 bits per heavy atom. The van der Waals surface area contributed by atoms with Crippen molar-refractivity contribution in [1.29, 1.82) is 0 Å². The van der Waals surface area contributed by atoms with E-state index in [-0.39, 0.29) is 24.7 Å². The fourth-order valence-corrected chi connectivity index (χ4v) is 5.23. The molecule has 0 rings (SSSR count). The van der Waals surface area contributed by atoms with Gasteiger partial charge in [0.25, 0.3) is 0 Å². The predicted molar refractivity (Wildman–Crippen MR) is 194 cm³/mol. The maximum Gasteiger partial charge on any atom is 0.326 e. The first-order chi connectivity index (χ1) is 23.4.